The monoisotopic (exact) mass is 248 g/mol. The van der Waals surface area contributed by atoms with Crippen molar-refractivity contribution < 1.29 is 14.3 Å². The minimum absolute atomic E-state index is 0.00325. The molecule has 1 saturated heterocycles. The van der Waals surface area contributed by atoms with Crippen LogP contribution >= 0.6 is 0 Å². The summed E-state index contributed by atoms with van der Waals surface area (Å²) in [5, 5.41) is 0. The van der Waals surface area contributed by atoms with E-state index in [0.717, 1.165) is 28.9 Å². The first-order valence-corrected chi connectivity index (χ1v) is 6.35. The van der Waals surface area contributed by atoms with Gasteiger partial charge >= 0.3 is 0 Å². The van der Waals surface area contributed by atoms with Crippen LogP contribution in [-0.2, 0) is 4.74 Å². The molecule has 0 radical (unpaired) electrons. The van der Waals surface area contributed by atoms with Gasteiger partial charge in [-0.25, -0.2) is 0 Å². The van der Waals surface area contributed by atoms with E-state index in [-0.39, 0.29) is 17.8 Å². The second-order valence-corrected chi connectivity index (χ2v) is 4.97. The summed E-state index contributed by atoms with van der Waals surface area (Å²) in [4.78, 5) is 12.5. The van der Waals surface area contributed by atoms with Gasteiger partial charge in [-0.1, -0.05) is 0 Å². The van der Waals surface area contributed by atoms with E-state index in [1.807, 2.05) is 32.9 Å². The molecule has 2 atom stereocenters. The Labute approximate surface area is 108 Å². The molecule has 1 aliphatic rings. The zero-order valence-corrected chi connectivity index (χ0v) is 11.4. The Morgan fingerprint density at radius 1 is 1.33 bits per heavy atom. The molecule has 98 valence electrons. The van der Waals surface area contributed by atoms with Crippen LogP contribution in [0.5, 0.6) is 5.75 Å². The summed E-state index contributed by atoms with van der Waals surface area (Å²) >= 11 is 0. The third kappa shape index (κ3) is 2.27. The van der Waals surface area contributed by atoms with Crippen LogP contribution in [0.15, 0.2) is 12.1 Å². The molecule has 0 saturated carbocycles. The lowest BCUT2D eigenvalue weighted by molar-refractivity contribution is 0.0763. The lowest BCUT2D eigenvalue weighted by atomic mass is 9.89. The average molecular weight is 248 g/mol. The summed E-state index contributed by atoms with van der Waals surface area (Å²) in [5.74, 6) is 1.03. The Kier molecular flexibility index (Phi) is 3.71. The second-order valence-electron chi connectivity index (χ2n) is 4.97. The van der Waals surface area contributed by atoms with Gasteiger partial charge in [0.1, 0.15) is 5.75 Å². The predicted octanol–water partition coefficient (Wildman–Crippen LogP) is 2.92. The first-order chi connectivity index (χ1) is 8.54. The fourth-order valence-electron chi connectivity index (χ4n) is 2.55. The highest BCUT2D eigenvalue weighted by Crippen LogP contribution is 2.29. The Morgan fingerprint density at radius 3 is 2.61 bits per heavy atom. The van der Waals surface area contributed by atoms with Crippen LogP contribution in [0.25, 0.3) is 0 Å². The number of rotatable bonds is 3. The molecular weight excluding hydrogens is 228 g/mol. The third-order valence-corrected chi connectivity index (χ3v) is 3.72. The first-order valence-electron chi connectivity index (χ1n) is 6.35. The molecule has 1 heterocycles. The van der Waals surface area contributed by atoms with E-state index in [9.17, 15) is 4.79 Å². The summed E-state index contributed by atoms with van der Waals surface area (Å²) in [6.07, 6.45) is 0.851. The summed E-state index contributed by atoms with van der Waals surface area (Å²) in [7, 11) is 1.65. The van der Waals surface area contributed by atoms with Crippen molar-refractivity contribution in [2.24, 2.45) is 5.92 Å². The van der Waals surface area contributed by atoms with Crippen molar-refractivity contribution in [3.63, 3.8) is 0 Å². The van der Waals surface area contributed by atoms with E-state index < -0.39 is 0 Å². The Morgan fingerprint density at radius 2 is 2.06 bits per heavy atom. The number of hydrogen-bond acceptors (Lipinski definition) is 3. The Hall–Kier alpha value is -1.35. The maximum absolute atomic E-state index is 12.5. The zero-order valence-electron chi connectivity index (χ0n) is 11.4. The minimum Gasteiger partial charge on any atom is -0.496 e. The van der Waals surface area contributed by atoms with Crippen molar-refractivity contribution in [1.82, 2.24) is 0 Å². The van der Waals surface area contributed by atoms with Gasteiger partial charge in [0.25, 0.3) is 0 Å². The second kappa shape index (κ2) is 5.11. The molecule has 0 aromatic heterocycles. The molecule has 0 N–H and O–H groups in total. The number of methoxy groups -OCH3 is 1. The fraction of sp³-hybridized carbons (Fsp3) is 0.533. The standard InChI is InChI=1S/C15H20O3/c1-9-8-14(17-4)10(2)7-13(9)15(16)12-5-6-18-11(12)3/h7-8,11-12H,5-6H2,1-4H3. The highest BCUT2D eigenvalue weighted by atomic mass is 16.5. The van der Waals surface area contributed by atoms with Gasteiger partial charge < -0.3 is 9.47 Å². The number of ketones is 1. The van der Waals surface area contributed by atoms with Gasteiger partial charge in [-0.2, -0.15) is 0 Å². The van der Waals surface area contributed by atoms with Crippen LogP contribution in [0.1, 0.15) is 34.8 Å². The zero-order chi connectivity index (χ0) is 13.3. The van der Waals surface area contributed by atoms with Crippen LogP contribution in [0.4, 0.5) is 0 Å². The smallest absolute Gasteiger partial charge is 0.168 e. The van der Waals surface area contributed by atoms with Crippen molar-refractivity contribution in [1.29, 1.82) is 0 Å². The molecule has 1 fully saturated rings. The van der Waals surface area contributed by atoms with Gasteiger partial charge in [0.05, 0.1) is 19.1 Å². The number of carbonyl (C=O) groups is 1. The quantitative estimate of drug-likeness (QED) is 0.771. The molecule has 3 heteroatoms. The lowest BCUT2D eigenvalue weighted by Gasteiger charge is -2.16. The number of ether oxygens (including phenoxy) is 2. The van der Waals surface area contributed by atoms with E-state index in [2.05, 4.69) is 0 Å². The molecule has 1 aliphatic heterocycles. The van der Waals surface area contributed by atoms with E-state index in [4.69, 9.17) is 9.47 Å². The maximum atomic E-state index is 12.5. The maximum Gasteiger partial charge on any atom is 0.168 e. The van der Waals surface area contributed by atoms with Gasteiger partial charge in [-0.15, -0.1) is 0 Å². The molecule has 0 bridgehead atoms. The molecule has 0 amide bonds. The van der Waals surface area contributed by atoms with Crippen molar-refractivity contribution in [2.45, 2.75) is 33.3 Å². The Bertz CT molecular complexity index is 465. The number of benzene rings is 1. The molecule has 1 aromatic carbocycles. The largest absolute Gasteiger partial charge is 0.496 e. The van der Waals surface area contributed by atoms with Crippen LogP contribution in [0.3, 0.4) is 0 Å². The van der Waals surface area contributed by atoms with E-state index in [0.29, 0.717) is 6.61 Å². The van der Waals surface area contributed by atoms with Crippen molar-refractivity contribution >= 4 is 5.78 Å². The number of hydrogen-bond donors (Lipinski definition) is 0. The minimum atomic E-state index is -0.00325. The highest BCUT2D eigenvalue weighted by Gasteiger charge is 2.32. The van der Waals surface area contributed by atoms with Crippen LogP contribution in [0, 0.1) is 19.8 Å². The summed E-state index contributed by atoms with van der Waals surface area (Å²) in [6, 6.07) is 3.87. The van der Waals surface area contributed by atoms with Gasteiger partial charge in [0.15, 0.2) is 5.78 Å². The van der Waals surface area contributed by atoms with Crippen LogP contribution in [-0.4, -0.2) is 25.6 Å². The van der Waals surface area contributed by atoms with Crippen molar-refractivity contribution in [3.8, 4) is 5.75 Å². The van der Waals surface area contributed by atoms with Crippen molar-refractivity contribution in [3.05, 3.63) is 28.8 Å². The number of carbonyl (C=O) groups excluding carboxylic acids is 1. The van der Waals surface area contributed by atoms with E-state index in [1.54, 1.807) is 7.11 Å². The number of aryl methyl sites for hydroxylation is 2. The van der Waals surface area contributed by atoms with E-state index in [1.165, 1.54) is 0 Å². The number of Topliss-reactive ketones (excluding diaryl/α,β-unsaturated/α-hetero) is 1. The van der Waals surface area contributed by atoms with Gasteiger partial charge in [0.2, 0.25) is 0 Å². The van der Waals surface area contributed by atoms with Crippen LogP contribution in [0.2, 0.25) is 0 Å². The van der Waals surface area contributed by atoms with Crippen LogP contribution < -0.4 is 4.74 Å². The molecule has 18 heavy (non-hydrogen) atoms. The first kappa shape index (κ1) is 13.1. The van der Waals surface area contributed by atoms with Gasteiger partial charge in [-0.05, 0) is 50.5 Å². The summed E-state index contributed by atoms with van der Waals surface area (Å²) in [5.41, 5.74) is 2.77. The van der Waals surface area contributed by atoms with Gasteiger partial charge in [0, 0.05) is 12.2 Å². The highest BCUT2D eigenvalue weighted by molar-refractivity contribution is 6.00. The van der Waals surface area contributed by atoms with Gasteiger partial charge in [-0.3, -0.25) is 4.79 Å². The fourth-order valence-corrected chi connectivity index (χ4v) is 2.55. The molecule has 0 spiro atoms. The molecular formula is C15H20O3. The molecule has 0 aliphatic carbocycles. The topological polar surface area (TPSA) is 35.5 Å². The molecule has 1 aromatic rings. The molecule has 2 rings (SSSR count). The normalized spacial score (nSPS) is 23.1. The summed E-state index contributed by atoms with van der Waals surface area (Å²) in [6.45, 7) is 6.58. The lowest BCUT2D eigenvalue weighted by Crippen LogP contribution is -2.22. The molecule has 3 nitrogen and oxygen atoms in total. The molecule has 2 unspecified atom stereocenters. The summed E-state index contributed by atoms with van der Waals surface area (Å²) < 4.78 is 10.7. The predicted molar refractivity (Wildman–Crippen MR) is 70.3 cm³/mol. The average Bonchev–Trinajstić information content (AvgIpc) is 2.77. The SMILES string of the molecule is COc1cc(C)c(C(=O)C2CCOC2C)cc1C. The third-order valence-electron chi connectivity index (χ3n) is 3.72. The Balaban J connectivity index is 2.33. The van der Waals surface area contributed by atoms with Crippen molar-refractivity contribution in [2.75, 3.05) is 13.7 Å². The van der Waals surface area contributed by atoms with E-state index >= 15 is 0 Å².